The Hall–Kier alpha value is -1.04. The van der Waals surface area contributed by atoms with Gasteiger partial charge in [-0.05, 0) is 41.1 Å². The van der Waals surface area contributed by atoms with Crippen LogP contribution in [0.15, 0.2) is 28.8 Å². The molecule has 15 heavy (non-hydrogen) atoms. The number of nitrogens with two attached hydrogens (primary N) is 1. The second kappa shape index (κ2) is 4.22. The van der Waals surface area contributed by atoms with Crippen LogP contribution >= 0.6 is 22.6 Å². The van der Waals surface area contributed by atoms with E-state index in [9.17, 15) is 0 Å². The van der Waals surface area contributed by atoms with Gasteiger partial charge in [-0.1, -0.05) is 24.2 Å². The van der Waals surface area contributed by atoms with E-state index in [1.165, 1.54) is 3.57 Å². The van der Waals surface area contributed by atoms with Crippen molar-refractivity contribution in [3.8, 4) is 11.3 Å². The Bertz CT molecular complexity index is 479. The Balaban J connectivity index is 2.54. The van der Waals surface area contributed by atoms with Crippen LogP contribution in [-0.2, 0) is 6.42 Å². The van der Waals surface area contributed by atoms with Crippen LogP contribution in [0, 0.1) is 3.57 Å². The van der Waals surface area contributed by atoms with Crippen LogP contribution in [0.5, 0.6) is 0 Å². The highest BCUT2D eigenvalue weighted by molar-refractivity contribution is 14.1. The summed E-state index contributed by atoms with van der Waals surface area (Å²) in [5, 5.41) is 3.79. The number of aromatic nitrogens is 1. The van der Waals surface area contributed by atoms with Gasteiger partial charge in [0.2, 0.25) is 0 Å². The second-order valence-electron chi connectivity index (χ2n) is 3.24. The minimum absolute atomic E-state index is 0.492. The molecule has 0 aliphatic carbocycles. The number of benzene rings is 1. The zero-order valence-corrected chi connectivity index (χ0v) is 10.5. The molecule has 1 aromatic carbocycles. The van der Waals surface area contributed by atoms with E-state index in [1.54, 1.807) is 0 Å². The molecule has 0 saturated heterocycles. The van der Waals surface area contributed by atoms with Crippen molar-refractivity contribution in [1.82, 2.24) is 5.16 Å². The van der Waals surface area contributed by atoms with E-state index < -0.39 is 0 Å². The fraction of sp³-hybridized carbons (Fsp3) is 0.182. The molecule has 0 unspecified atom stereocenters. The molecule has 3 nitrogen and oxygen atoms in total. The smallest absolute Gasteiger partial charge is 0.172 e. The molecule has 0 fully saturated rings. The fourth-order valence-electron chi connectivity index (χ4n) is 1.52. The number of nitrogen functional groups attached to an aromatic ring is 1. The van der Waals surface area contributed by atoms with Crippen LogP contribution < -0.4 is 5.73 Å². The van der Waals surface area contributed by atoms with Gasteiger partial charge in [0.1, 0.15) is 0 Å². The first-order chi connectivity index (χ1) is 7.22. The summed E-state index contributed by atoms with van der Waals surface area (Å²) >= 11 is 2.27. The molecule has 2 rings (SSSR count). The molecule has 0 spiro atoms. The minimum Gasteiger partial charge on any atom is -0.381 e. The third-order valence-corrected chi connectivity index (χ3v) is 2.93. The van der Waals surface area contributed by atoms with Crippen molar-refractivity contribution < 1.29 is 4.52 Å². The first-order valence-electron chi connectivity index (χ1n) is 4.72. The zero-order chi connectivity index (χ0) is 10.8. The topological polar surface area (TPSA) is 52.0 Å². The van der Waals surface area contributed by atoms with Gasteiger partial charge in [-0.15, -0.1) is 0 Å². The Labute approximate surface area is 102 Å². The van der Waals surface area contributed by atoms with Crippen LogP contribution in [0.2, 0.25) is 0 Å². The van der Waals surface area contributed by atoms with Crippen molar-refractivity contribution in [2.45, 2.75) is 13.3 Å². The van der Waals surface area contributed by atoms with Crippen molar-refractivity contribution in [3.05, 3.63) is 33.4 Å². The number of hydrogen-bond acceptors (Lipinski definition) is 3. The molecular weight excluding hydrogens is 303 g/mol. The maximum absolute atomic E-state index is 5.72. The van der Waals surface area contributed by atoms with Gasteiger partial charge in [0.05, 0.1) is 0 Å². The van der Waals surface area contributed by atoms with Crippen LogP contribution in [0.1, 0.15) is 12.5 Å². The molecule has 0 amide bonds. The van der Waals surface area contributed by atoms with Gasteiger partial charge in [0.25, 0.3) is 0 Å². The Morgan fingerprint density at radius 1 is 1.47 bits per heavy atom. The monoisotopic (exact) mass is 314 g/mol. The lowest BCUT2D eigenvalue weighted by atomic mass is 10.1. The second-order valence-corrected chi connectivity index (χ2v) is 4.49. The maximum Gasteiger partial charge on any atom is 0.172 e. The van der Waals surface area contributed by atoms with Gasteiger partial charge in [-0.25, -0.2) is 0 Å². The number of rotatable bonds is 2. The quantitative estimate of drug-likeness (QED) is 0.867. The number of hydrogen-bond donors (Lipinski definition) is 1. The highest BCUT2D eigenvalue weighted by Gasteiger charge is 2.13. The summed E-state index contributed by atoms with van der Waals surface area (Å²) in [5.74, 6) is 1.28. The van der Waals surface area contributed by atoms with Gasteiger partial charge in [0, 0.05) is 14.7 Å². The van der Waals surface area contributed by atoms with E-state index in [1.807, 2.05) is 25.1 Å². The van der Waals surface area contributed by atoms with Gasteiger partial charge in [-0.2, -0.15) is 0 Å². The number of halogens is 1. The SMILES string of the molecule is CCc1c(N)noc1-c1cccc(I)c1. The van der Waals surface area contributed by atoms with Gasteiger partial charge < -0.3 is 10.3 Å². The lowest BCUT2D eigenvalue weighted by Crippen LogP contribution is -1.90. The molecule has 1 aromatic heterocycles. The van der Waals surface area contributed by atoms with Crippen molar-refractivity contribution >= 4 is 28.4 Å². The largest absolute Gasteiger partial charge is 0.381 e. The van der Waals surface area contributed by atoms with E-state index in [0.717, 1.165) is 23.3 Å². The fourth-order valence-corrected chi connectivity index (χ4v) is 2.06. The summed E-state index contributed by atoms with van der Waals surface area (Å²) in [6.45, 7) is 2.04. The molecular formula is C11H11IN2O. The zero-order valence-electron chi connectivity index (χ0n) is 8.33. The van der Waals surface area contributed by atoms with Crippen LogP contribution in [-0.4, -0.2) is 5.16 Å². The Morgan fingerprint density at radius 3 is 2.93 bits per heavy atom. The third-order valence-electron chi connectivity index (χ3n) is 2.26. The first-order valence-corrected chi connectivity index (χ1v) is 5.80. The van der Waals surface area contributed by atoms with Crippen LogP contribution in [0.25, 0.3) is 11.3 Å². The molecule has 2 N–H and O–H groups in total. The Kier molecular flexibility index (Phi) is 2.95. The van der Waals surface area contributed by atoms with Gasteiger partial charge >= 0.3 is 0 Å². The lowest BCUT2D eigenvalue weighted by molar-refractivity contribution is 0.435. The van der Waals surface area contributed by atoms with Crippen molar-refractivity contribution in [2.75, 3.05) is 5.73 Å². The van der Waals surface area contributed by atoms with Gasteiger partial charge in [-0.3, -0.25) is 0 Å². The summed E-state index contributed by atoms with van der Waals surface area (Å²) in [7, 11) is 0. The summed E-state index contributed by atoms with van der Waals surface area (Å²) in [6, 6.07) is 8.09. The van der Waals surface area contributed by atoms with Crippen LogP contribution in [0.4, 0.5) is 5.82 Å². The van der Waals surface area contributed by atoms with Crippen molar-refractivity contribution in [1.29, 1.82) is 0 Å². The molecule has 0 saturated carbocycles. The van der Waals surface area contributed by atoms with E-state index in [0.29, 0.717) is 5.82 Å². The molecule has 0 atom stereocenters. The van der Waals surface area contributed by atoms with Crippen molar-refractivity contribution in [3.63, 3.8) is 0 Å². The summed E-state index contributed by atoms with van der Waals surface area (Å²) in [5.41, 5.74) is 7.73. The minimum atomic E-state index is 0.492. The molecule has 78 valence electrons. The number of nitrogens with zero attached hydrogens (tertiary/aromatic N) is 1. The average molecular weight is 314 g/mol. The van der Waals surface area contributed by atoms with E-state index in [2.05, 4.69) is 33.8 Å². The molecule has 2 aromatic rings. The highest BCUT2D eigenvalue weighted by atomic mass is 127. The molecule has 0 aliphatic rings. The lowest BCUT2D eigenvalue weighted by Gasteiger charge is -1.99. The maximum atomic E-state index is 5.72. The average Bonchev–Trinajstić information content (AvgIpc) is 2.59. The van der Waals surface area contributed by atoms with E-state index in [4.69, 9.17) is 10.3 Å². The Morgan fingerprint density at radius 2 is 2.27 bits per heavy atom. The first kappa shape index (κ1) is 10.5. The van der Waals surface area contributed by atoms with E-state index >= 15 is 0 Å². The predicted molar refractivity (Wildman–Crippen MR) is 68.4 cm³/mol. The summed E-state index contributed by atoms with van der Waals surface area (Å²) in [6.07, 6.45) is 0.830. The highest BCUT2D eigenvalue weighted by Crippen LogP contribution is 2.28. The molecule has 0 aliphatic heterocycles. The van der Waals surface area contributed by atoms with Crippen molar-refractivity contribution in [2.24, 2.45) is 0 Å². The summed E-state index contributed by atoms with van der Waals surface area (Å²) in [4.78, 5) is 0. The molecule has 0 bridgehead atoms. The molecule has 0 radical (unpaired) electrons. The molecule has 4 heteroatoms. The van der Waals surface area contributed by atoms with E-state index in [-0.39, 0.29) is 0 Å². The standard InChI is InChI=1S/C11H11IN2O/c1-2-9-10(15-14-11(9)13)7-4-3-5-8(12)6-7/h3-6H,2H2,1H3,(H2,13,14). The third kappa shape index (κ3) is 1.99. The summed E-state index contributed by atoms with van der Waals surface area (Å²) < 4.78 is 6.42. The normalized spacial score (nSPS) is 10.5. The van der Waals surface area contributed by atoms with Gasteiger partial charge in [0.15, 0.2) is 11.6 Å². The number of anilines is 1. The molecule has 1 heterocycles. The predicted octanol–water partition coefficient (Wildman–Crippen LogP) is 3.09. The van der Waals surface area contributed by atoms with Crippen LogP contribution in [0.3, 0.4) is 0 Å².